The van der Waals surface area contributed by atoms with Crippen LogP contribution in [0, 0.1) is 0 Å². The van der Waals surface area contributed by atoms with Crippen molar-refractivity contribution in [2.24, 2.45) is 0 Å². The number of nitrogens with zero attached hydrogens (tertiary/aromatic N) is 1. The van der Waals surface area contributed by atoms with Crippen molar-refractivity contribution in [3.05, 3.63) is 63.0 Å². The second-order valence-corrected chi connectivity index (χ2v) is 4.99. The van der Waals surface area contributed by atoms with Gasteiger partial charge >= 0.3 is 5.97 Å². The fraction of sp³-hybridized carbons (Fsp3) is 0.143. The summed E-state index contributed by atoms with van der Waals surface area (Å²) in [5, 5.41) is 8.87. The van der Waals surface area contributed by atoms with E-state index in [0.29, 0.717) is 13.2 Å². The minimum atomic E-state index is -1.22. The minimum absolute atomic E-state index is 0.241. The number of benzene rings is 1. The number of carboxylic acids is 1. The molecule has 0 saturated carbocycles. The molecule has 0 aliphatic carbocycles. The fourth-order valence-electron chi connectivity index (χ4n) is 1.65. The first-order chi connectivity index (χ1) is 9.56. The standard InChI is InChI=1S/C14H12BrNO4/c15-10-2-1-3-11(8-10)20-7-6-16-5-4-13(17)12(9-16)14(18)19/h1-5,8-9H,6-7H2,(H,18,19). The minimum Gasteiger partial charge on any atom is -0.492 e. The van der Waals surface area contributed by atoms with Crippen LogP contribution in [-0.2, 0) is 6.54 Å². The Kier molecular flexibility index (Phi) is 4.57. The molecule has 2 aromatic rings. The molecule has 0 saturated heterocycles. The van der Waals surface area contributed by atoms with Crippen molar-refractivity contribution in [3.63, 3.8) is 0 Å². The van der Waals surface area contributed by atoms with Gasteiger partial charge in [0.15, 0.2) is 5.43 Å². The van der Waals surface area contributed by atoms with Crippen LogP contribution in [0.5, 0.6) is 5.75 Å². The number of aromatic nitrogens is 1. The monoisotopic (exact) mass is 337 g/mol. The number of rotatable bonds is 5. The third kappa shape index (κ3) is 3.71. The number of pyridine rings is 1. The summed E-state index contributed by atoms with van der Waals surface area (Å²) in [5.74, 6) is -0.504. The molecule has 0 aliphatic heterocycles. The molecule has 0 amide bonds. The third-order valence-corrected chi connectivity index (χ3v) is 3.12. The van der Waals surface area contributed by atoms with Crippen molar-refractivity contribution < 1.29 is 14.6 Å². The third-order valence-electron chi connectivity index (χ3n) is 2.62. The van der Waals surface area contributed by atoms with Gasteiger partial charge in [-0.1, -0.05) is 22.0 Å². The molecule has 20 heavy (non-hydrogen) atoms. The number of hydrogen-bond donors (Lipinski definition) is 1. The van der Waals surface area contributed by atoms with E-state index in [1.54, 1.807) is 10.8 Å². The quantitative estimate of drug-likeness (QED) is 0.909. The van der Waals surface area contributed by atoms with E-state index in [0.717, 1.165) is 10.2 Å². The normalized spacial score (nSPS) is 10.2. The zero-order chi connectivity index (χ0) is 14.5. The van der Waals surface area contributed by atoms with Gasteiger partial charge in [0, 0.05) is 22.9 Å². The second kappa shape index (κ2) is 6.38. The van der Waals surface area contributed by atoms with Crippen LogP contribution in [0.15, 0.2) is 52.0 Å². The molecule has 0 fully saturated rings. The lowest BCUT2D eigenvalue weighted by atomic mass is 10.3. The molecule has 5 nitrogen and oxygen atoms in total. The molecule has 6 heteroatoms. The number of ether oxygens (including phenoxy) is 1. The summed E-state index contributed by atoms with van der Waals surface area (Å²) >= 11 is 3.35. The second-order valence-electron chi connectivity index (χ2n) is 4.07. The highest BCUT2D eigenvalue weighted by atomic mass is 79.9. The maximum atomic E-state index is 11.3. The Morgan fingerprint density at radius 2 is 2.15 bits per heavy atom. The van der Waals surface area contributed by atoms with Gasteiger partial charge in [0.1, 0.15) is 17.9 Å². The smallest absolute Gasteiger partial charge is 0.341 e. The molecule has 1 aromatic carbocycles. The molecule has 1 heterocycles. The van der Waals surface area contributed by atoms with Gasteiger partial charge in [0.2, 0.25) is 0 Å². The summed E-state index contributed by atoms with van der Waals surface area (Å²) in [6.07, 6.45) is 2.86. The van der Waals surface area contributed by atoms with Gasteiger partial charge < -0.3 is 14.4 Å². The van der Waals surface area contributed by atoms with Crippen LogP contribution in [0.25, 0.3) is 0 Å². The summed E-state index contributed by atoms with van der Waals surface area (Å²) in [5.41, 5.74) is -0.739. The van der Waals surface area contributed by atoms with Crippen molar-refractivity contribution in [2.45, 2.75) is 6.54 Å². The first-order valence-electron chi connectivity index (χ1n) is 5.88. The van der Waals surface area contributed by atoms with Crippen LogP contribution in [0.1, 0.15) is 10.4 Å². The fourth-order valence-corrected chi connectivity index (χ4v) is 2.03. The summed E-state index contributed by atoms with van der Waals surface area (Å²) in [6.45, 7) is 0.825. The van der Waals surface area contributed by atoms with Gasteiger partial charge in [-0.25, -0.2) is 4.79 Å². The van der Waals surface area contributed by atoms with Crippen LogP contribution in [-0.4, -0.2) is 22.2 Å². The average Bonchev–Trinajstić information content (AvgIpc) is 2.40. The summed E-state index contributed by atoms with van der Waals surface area (Å²) in [7, 11) is 0. The van der Waals surface area contributed by atoms with Crippen LogP contribution in [0.2, 0.25) is 0 Å². The topological polar surface area (TPSA) is 68.5 Å². The molecule has 104 valence electrons. The molecule has 0 bridgehead atoms. The zero-order valence-corrected chi connectivity index (χ0v) is 12.0. The number of aromatic carboxylic acids is 1. The van der Waals surface area contributed by atoms with Gasteiger partial charge in [-0.15, -0.1) is 0 Å². The molecule has 0 atom stereocenters. The molecule has 1 N–H and O–H groups in total. The first kappa shape index (κ1) is 14.3. The van der Waals surface area contributed by atoms with Crippen LogP contribution >= 0.6 is 15.9 Å². The van der Waals surface area contributed by atoms with E-state index in [9.17, 15) is 9.59 Å². The number of hydrogen-bond acceptors (Lipinski definition) is 3. The van der Waals surface area contributed by atoms with Crippen molar-refractivity contribution in [3.8, 4) is 5.75 Å². The Morgan fingerprint density at radius 1 is 1.35 bits per heavy atom. The van der Waals surface area contributed by atoms with E-state index in [1.807, 2.05) is 24.3 Å². The zero-order valence-electron chi connectivity index (χ0n) is 10.5. The largest absolute Gasteiger partial charge is 0.492 e. The van der Waals surface area contributed by atoms with E-state index in [1.165, 1.54) is 12.3 Å². The van der Waals surface area contributed by atoms with Crippen LogP contribution in [0.3, 0.4) is 0 Å². The lowest BCUT2D eigenvalue weighted by Crippen LogP contribution is -2.18. The van der Waals surface area contributed by atoms with Crippen molar-refractivity contribution in [1.82, 2.24) is 4.57 Å². The predicted octanol–water partition coefficient (Wildman–Crippen LogP) is 2.39. The molecule has 1 aromatic heterocycles. The van der Waals surface area contributed by atoms with Gasteiger partial charge in [-0.3, -0.25) is 4.79 Å². The molecular weight excluding hydrogens is 326 g/mol. The van der Waals surface area contributed by atoms with Gasteiger partial charge in [0.05, 0.1) is 6.54 Å². The van der Waals surface area contributed by atoms with E-state index < -0.39 is 11.4 Å². The van der Waals surface area contributed by atoms with Crippen LogP contribution in [0.4, 0.5) is 0 Å². The maximum Gasteiger partial charge on any atom is 0.341 e. The van der Waals surface area contributed by atoms with Crippen molar-refractivity contribution in [2.75, 3.05) is 6.61 Å². The van der Waals surface area contributed by atoms with Crippen molar-refractivity contribution in [1.29, 1.82) is 0 Å². The molecular formula is C14H12BrNO4. The van der Waals surface area contributed by atoms with E-state index in [2.05, 4.69) is 15.9 Å². The molecule has 2 rings (SSSR count). The Balaban J connectivity index is 1.99. The average molecular weight is 338 g/mol. The molecule has 0 spiro atoms. The number of carbonyl (C=O) groups is 1. The Hall–Kier alpha value is -2.08. The summed E-state index contributed by atoms with van der Waals surface area (Å²) in [4.78, 5) is 22.2. The van der Waals surface area contributed by atoms with E-state index >= 15 is 0 Å². The van der Waals surface area contributed by atoms with E-state index in [-0.39, 0.29) is 5.56 Å². The first-order valence-corrected chi connectivity index (χ1v) is 6.67. The van der Waals surface area contributed by atoms with Crippen LogP contribution < -0.4 is 10.2 Å². The van der Waals surface area contributed by atoms with Gasteiger partial charge in [-0.05, 0) is 18.2 Å². The molecule has 0 unspecified atom stereocenters. The number of carboxylic acid groups (broad SMARTS) is 1. The highest BCUT2D eigenvalue weighted by Gasteiger charge is 2.08. The lowest BCUT2D eigenvalue weighted by Gasteiger charge is -2.09. The Morgan fingerprint density at radius 3 is 2.85 bits per heavy atom. The Bertz CT molecular complexity index is 681. The predicted molar refractivity (Wildman–Crippen MR) is 77.3 cm³/mol. The molecule has 0 aliphatic rings. The van der Waals surface area contributed by atoms with Gasteiger partial charge in [0.25, 0.3) is 0 Å². The summed E-state index contributed by atoms with van der Waals surface area (Å²) < 4.78 is 8.08. The van der Waals surface area contributed by atoms with Crippen molar-refractivity contribution >= 4 is 21.9 Å². The number of halogens is 1. The highest BCUT2D eigenvalue weighted by molar-refractivity contribution is 9.10. The maximum absolute atomic E-state index is 11.3. The highest BCUT2D eigenvalue weighted by Crippen LogP contribution is 2.17. The SMILES string of the molecule is O=C(O)c1cn(CCOc2cccc(Br)c2)ccc1=O. The Labute approximate surface area is 123 Å². The lowest BCUT2D eigenvalue weighted by molar-refractivity contribution is 0.0694. The molecule has 0 radical (unpaired) electrons. The van der Waals surface area contributed by atoms with Gasteiger partial charge in [-0.2, -0.15) is 0 Å². The van der Waals surface area contributed by atoms with E-state index in [4.69, 9.17) is 9.84 Å². The summed E-state index contributed by atoms with van der Waals surface area (Å²) in [6, 6.07) is 8.67.